The molecule has 0 radical (unpaired) electrons. The molecular weight excluding hydrogens is 260 g/mol. The molecule has 2 N–H and O–H groups in total. The van der Waals surface area contributed by atoms with Gasteiger partial charge in [-0.25, -0.2) is 0 Å². The average molecular weight is 285 g/mol. The molecule has 8 heteroatoms. The Hall–Kier alpha value is 0.708. The van der Waals surface area contributed by atoms with E-state index in [9.17, 15) is 9.59 Å². The fourth-order valence-electron chi connectivity index (χ4n) is 1.25. The molecule has 92 valence electrons. The van der Waals surface area contributed by atoms with E-state index in [-0.39, 0.29) is 0 Å². The van der Waals surface area contributed by atoms with Crippen LogP contribution in [0.25, 0.3) is 0 Å². The van der Waals surface area contributed by atoms with Gasteiger partial charge in [-0.1, -0.05) is 0 Å². The minimum Gasteiger partial charge on any atom is -0.437 e. The maximum absolute atomic E-state index is 10.4. The van der Waals surface area contributed by atoms with Crippen LogP contribution in [-0.2, 0) is 8.23 Å². The molecule has 0 bridgehead atoms. The Morgan fingerprint density at radius 1 is 1.00 bits per heavy atom. The van der Waals surface area contributed by atoms with Gasteiger partial charge in [0, 0.05) is 0 Å². The Labute approximate surface area is 97.4 Å². The van der Waals surface area contributed by atoms with Crippen LogP contribution in [0, 0.1) is 0 Å². The lowest BCUT2D eigenvalue weighted by molar-refractivity contribution is 0.372. The maximum atomic E-state index is 10.4. The van der Waals surface area contributed by atoms with Crippen LogP contribution in [0.15, 0.2) is 0 Å². The van der Waals surface area contributed by atoms with Gasteiger partial charge in [0.1, 0.15) is 0 Å². The Bertz CT molecular complexity index is 212. The normalized spacial score (nSPS) is 19.8. The molecule has 0 heterocycles. The van der Waals surface area contributed by atoms with E-state index >= 15 is 0 Å². The van der Waals surface area contributed by atoms with Crippen molar-refractivity contribution in [3.8, 4) is 0 Å². The van der Waals surface area contributed by atoms with Crippen molar-refractivity contribution in [2.24, 2.45) is 0 Å². The molecule has 0 rings (SSSR count). The molecule has 0 aromatic carbocycles. The molecule has 0 spiro atoms. The first-order chi connectivity index (χ1) is 6.37. The highest BCUT2D eigenvalue weighted by molar-refractivity contribution is 7.34. The zero-order valence-corrected chi connectivity index (χ0v) is 14.9. The lowest BCUT2D eigenvalue weighted by atomic mass is 11.8. The van der Waals surface area contributed by atoms with Crippen LogP contribution in [0.5, 0.6) is 0 Å². The first kappa shape index (κ1) is 15.7. The summed E-state index contributed by atoms with van der Waals surface area (Å²) in [5, 5.41) is 0. The molecule has 0 fully saturated rings. The predicted molar refractivity (Wildman–Crippen MR) is 72.1 cm³/mol. The zero-order valence-electron chi connectivity index (χ0n) is 10.8. The van der Waals surface area contributed by atoms with Crippen molar-refractivity contribution in [3.63, 3.8) is 0 Å². The highest BCUT2D eigenvalue weighted by Crippen LogP contribution is 2.23. The number of hydrogen-bond donors (Lipinski definition) is 2. The molecule has 4 nitrogen and oxygen atoms in total. The van der Waals surface area contributed by atoms with Gasteiger partial charge in [0.05, 0.1) is 0 Å². The van der Waals surface area contributed by atoms with Gasteiger partial charge in [0.2, 0.25) is 7.83 Å². The number of hydrogen-bond acceptors (Lipinski definition) is 4. The summed E-state index contributed by atoms with van der Waals surface area (Å²) >= 11 is 0. The molecule has 0 saturated heterocycles. The van der Waals surface area contributed by atoms with Crippen LogP contribution in [0.3, 0.4) is 0 Å². The summed E-state index contributed by atoms with van der Waals surface area (Å²) in [5.74, 6) is 0. The zero-order chi connectivity index (χ0) is 12.5. The quantitative estimate of drug-likeness (QED) is 0.741. The fourth-order valence-corrected chi connectivity index (χ4v) is 19.8. The minimum atomic E-state index is -2.78. The molecule has 2 unspecified atom stereocenters. The molecule has 0 saturated carbocycles. The van der Waals surface area contributed by atoms with Gasteiger partial charge >= 0.3 is 17.4 Å². The first-order valence-corrected chi connectivity index (χ1v) is 17.0. The Morgan fingerprint density at radius 3 is 1.67 bits per heavy atom. The van der Waals surface area contributed by atoms with Gasteiger partial charge in [0.15, 0.2) is 8.32 Å². The average Bonchev–Trinajstić information content (AvgIpc) is 1.75. The van der Waals surface area contributed by atoms with E-state index in [4.69, 9.17) is 8.23 Å². The van der Waals surface area contributed by atoms with Crippen molar-refractivity contribution in [2.45, 2.75) is 45.8 Å². The molecule has 2 atom stereocenters. The standard InChI is InChI=1S/C7H24O4Si4/c1-12(8)10-14(5,6)15(7,9)11-13(2,3)4/h8-9,12H,1-7H3. The summed E-state index contributed by atoms with van der Waals surface area (Å²) in [6.07, 6.45) is 0. The van der Waals surface area contributed by atoms with Crippen LogP contribution >= 0.6 is 0 Å². The third kappa shape index (κ3) is 5.54. The highest BCUT2D eigenvalue weighted by atomic mass is 29.3. The summed E-state index contributed by atoms with van der Waals surface area (Å²) < 4.78 is 11.5. The van der Waals surface area contributed by atoms with Crippen molar-refractivity contribution in [1.29, 1.82) is 0 Å². The molecule has 0 aliphatic carbocycles. The summed E-state index contributed by atoms with van der Waals surface area (Å²) in [5.41, 5.74) is 0. The van der Waals surface area contributed by atoms with E-state index in [1.807, 2.05) is 13.1 Å². The summed E-state index contributed by atoms with van der Waals surface area (Å²) in [6.45, 7) is 13.5. The maximum Gasteiger partial charge on any atom is 0.332 e. The van der Waals surface area contributed by atoms with Gasteiger partial charge in [-0.15, -0.1) is 0 Å². The summed E-state index contributed by atoms with van der Waals surface area (Å²) in [4.78, 5) is 19.8. The summed E-state index contributed by atoms with van der Waals surface area (Å²) in [6, 6.07) is 0. The lowest BCUT2D eigenvalue weighted by Crippen LogP contribution is -2.66. The van der Waals surface area contributed by atoms with Crippen molar-refractivity contribution in [3.05, 3.63) is 0 Å². The van der Waals surface area contributed by atoms with Gasteiger partial charge in [0.25, 0.3) is 0 Å². The lowest BCUT2D eigenvalue weighted by Gasteiger charge is -2.39. The second-order valence-corrected chi connectivity index (χ2v) is 24.0. The second-order valence-electron chi connectivity index (χ2n) is 5.42. The molecule has 0 aromatic rings. The van der Waals surface area contributed by atoms with E-state index in [0.717, 1.165) is 0 Å². The monoisotopic (exact) mass is 284 g/mol. The van der Waals surface area contributed by atoms with E-state index in [2.05, 4.69) is 19.6 Å². The van der Waals surface area contributed by atoms with Crippen LogP contribution in [0.2, 0.25) is 45.8 Å². The minimum absolute atomic E-state index is 1.70. The molecule has 0 aromatic heterocycles. The Kier molecular flexibility index (Phi) is 5.15. The molecular formula is C7H24O4Si4. The fraction of sp³-hybridized carbons (Fsp3) is 1.00. The van der Waals surface area contributed by atoms with E-state index in [1.54, 1.807) is 13.1 Å². The van der Waals surface area contributed by atoms with Gasteiger partial charge in [-0.3, -0.25) is 0 Å². The van der Waals surface area contributed by atoms with Gasteiger partial charge in [-0.2, -0.15) is 0 Å². The third-order valence-corrected chi connectivity index (χ3v) is 20.8. The van der Waals surface area contributed by atoms with E-state index in [1.165, 1.54) is 0 Å². The molecule has 0 aliphatic rings. The van der Waals surface area contributed by atoms with Crippen molar-refractivity contribution >= 4 is 33.5 Å². The van der Waals surface area contributed by atoms with E-state index in [0.29, 0.717) is 0 Å². The third-order valence-electron chi connectivity index (χ3n) is 2.09. The largest absolute Gasteiger partial charge is 0.437 e. The van der Waals surface area contributed by atoms with Gasteiger partial charge < -0.3 is 17.8 Å². The molecule has 0 aliphatic heterocycles. The Morgan fingerprint density at radius 2 is 1.40 bits per heavy atom. The van der Waals surface area contributed by atoms with Crippen LogP contribution in [0.1, 0.15) is 0 Å². The first-order valence-electron chi connectivity index (χ1n) is 5.16. The van der Waals surface area contributed by atoms with Crippen molar-refractivity contribution in [1.82, 2.24) is 0 Å². The van der Waals surface area contributed by atoms with Crippen molar-refractivity contribution in [2.75, 3.05) is 0 Å². The SMILES string of the molecule is C[SiH](O)O[Si](C)(C)[Si](C)(O)O[Si](C)(C)C. The van der Waals surface area contributed by atoms with Gasteiger partial charge in [-0.05, 0) is 45.8 Å². The molecule has 15 heavy (non-hydrogen) atoms. The summed E-state index contributed by atoms with van der Waals surface area (Å²) in [7, 11) is -8.91. The molecule has 0 amide bonds. The Balaban J connectivity index is 4.69. The number of rotatable bonds is 5. The smallest absolute Gasteiger partial charge is 0.332 e. The topological polar surface area (TPSA) is 58.9 Å². The second kappa shape index (κ2) is 4.92. The highest BCUT2D eigenvalue weighted by Gasteiger charge is 2.51. The van der Waals surface area contributed by atoms with Crippen LogP contribution in [-0.4, -0.2) is 43.1 Å². The van der Waals surface area contributed by atoms with Crippen molar-refractivity contribution < 1.29 is 17.8 Å². The van der Waals surface area contributed by atoms with Crippen LogP contribution < -0.4 is 0 Å². The predicted octanol–water partition coefficient (Wildman–Crippen LogP) is 1.04. The van der Waals surface area contributed by atoms with E-state index < -0.39 is 33.5 Å². The van der Waals surface area contributed by atoms with Crippen LogP contribution in [0.4, 0.5) is 0 Å².